The third-order valence-electron chi connectivity index (χ3n) is 7.75. The second-order valence-electron chi connectivity index (χ2n) is 9.01. The Morgan fingerprint density at radius 2 is 1.54 bits per heavy atom. The summed E-state index contributed by atoms with van der Waals surface area (Å²) >= 11 is 0. The summed E-state index contributed by atoms with van der Waals surface area (Å²) in [5.74, 6) is -2.75. The fourth-order valence-corrected chi connectivity index (χ4v) is 6.09. The minimum absolute atomic E-state index is 0.143. The fraction of sp³-hybridized carbons (Fsp3) is 0.583. The van der Waals surface area contributed by atoms with Gasteiger partial charge in [-0.1, -0.05) is 0 Å². The highest BCUT2D eigenvalue weighted by molar-refractivity contribution is 5.89. The summed E-state index contributed by atoms with van der Waals surface area (Å²) in [4.78, 5) is 0. The van der Waals surface area contributed by atoms with Crippen LogP contribution in [0.15, 0.2) is 12.1 Å². The first-order valence-electron chi connectivity index (χ1n) is 11.1. The van der Waals surface area contributed by atoms with Crippen molar-refractivity contribution < 1.29 is 33.2 Å². The quantitative estimate of drug-likeness (QED) is 0.678. The van der Waals surface area contributed by atoms with Gasteiger partial charge in [-0.3, -0.25) is 5.41 Å². The van der Waals surface area contributed by atoms with Crippen LogP contribution in [0.2, 0.25) is 0 Å². The lowest BCUT2D eigenvalue weighted by Gasteiger charge is -2.54. The second kappa shape index (κ2) is 7.73. The minimum atomic E-state index is -2.16. The van der Waals surface area contributed by atoms with Crippen LogP contribution in [0.4, 0.5) is 0 Å². The Bertz CT molecular complexity index is 1190. The van der Waals surface area contributed by atoms with Crippen LogP contribution in [0.5, 0.6) is 17.2 Å². The van der Waals surface area contributed by atoms with E-state index in [2.05, 4.69) is 18.2 Å². The van der Waals surface area contributed by atoms with E-state index in [1.54, 1.807) is 12.1 Å². The van der Waals surface area contributed by atoms with Crippen molar-refractivity contribution in [2.24, 2.45) is 16.7 Å². The van der Waals surface area contributed by atoms with Gasteiger partial charge in [0, 0.05) is 30.9 Å². The molecule has 5 rings (SSSR count). The molecule has 0 aromatic heterocycles. The van der Waals surface area contributed by atoms with E-state index in [1.807, 2.05) is 0 Å². The van der Waals surface area contributed by atoms with E-state index >= 15 is 0 Å². The Morgan fingerprint density at radius 1 is 0.914 bits per heavy atom. The van der Waals surface area contributed by atoms with Gasteiger partial charge in [0.05, 0.1) is 58.7 Å². The average molecular weight is 480 g/mol. The van der Waals surface area contributed by atoms with Crippen LogP contribution in [0, 0.1) is 56.2 Å². The van der Waals surface area contributed by atoms with E-state index in [-0.39, 0.29) is 18.6 Å². The molecule has 1 aromatic rings. The normalized spacial score (nSPS) is 33.5. The van der Waals surface area contributed by atoms with Crippen molar-refractivity contribution in [1.29, 1.82) is 21.2 Å². The van der Waals surface area contributed by atoms with Crippen molar-refractivity contribution in [1.82, 2.24) is 0 Å². The molecule has 1 aromatic carbocycles. The molecule has 1 saturated carbocycles. The van der Waals surface area contributed by atoms with Gasteiger partial charge >= 0.3 is 0 Å². The molecule has 4 aliphatic rings. The maximum atomic E-state index is 10.6. The molecule has 4 unspecified atom stereocenters. The summed E-state index contributed by atoms with van der Waals surface area (Å²) in [5.41, 5.74) is -3.80. The van der Waals surface area contributed by atoms with E-state index in [0.717, 1.165) is 0 Å². The van der Waals surface area contributed by atoms with Crippen molar-refractivity contribution in [3.8, 4) is 35.5 Å². The summed E-state index contributed by atoms with van der Waals surface area (Å²) < 4.78 is 40.6. The van der Waals surface area contributed by atoms with Gasteiger partial charge in [0.25, 0.3) is 0 Å². The summed E-state index contributed by atoms with van der Waals surface area (Å²) in [6.07, 6.45) is -0.516. The fourth-order valence-electron chi connectivity index (χ4n) is 6.09. The van der Waals surface area contributed by atoms with Gasteiger partial charge < -0.3 is 33.2 Å². The van der Waals surface area contributed by atoms with Crippen molar-refractivity contribution >= 4 is 5.90 Å². The van der Waals surface area contributed by atoms with Crippen molar-refractivity contribution in [2.45, 2.75) is 36.9 Å². The highest BCUT2D eigenvalue weighted by Crippen LogP contribution is 2.71. The first-order chi connectivity index (χ1) is 16.8. The van der Waals surface area contributed by atoms with Gasteiger partial charge in [0.1, 0.15) is 11.9 Å². The van der Waals surface area contributed by atoms with Crippen molar-refractivity contribution in [3.05, 3.63) is 17.7 Å². The highest BCUT2D eigenvalue weighted by atomic mass is 16.7. The van der Waals surface area contributed by atoms with Gasteiger partial charge in [0.15, 0.2) is 22.7 Å². The topological polar surface area (TPSA) is 160 Å². The lowest BCUT2D eigenvalue weighted by atomic mass is 9.51. The smallest absolute Gasteiger partial charge is 0.218 e. The van der Waals surface area contributed by atoms with Gasteiger partial charge in [-0.2, -0.15) is 15.8 Å². The maximum absolute atomic E-state index is 10.6. The van der Waals surface area contributed by atoms with E-state index in [9.17, 15) is 15.8 Å². The molecule has 1 aliphatic carbocycles. The molecule has 11 nitrogen and oxygen atoms in total. The van der Waals surface area contributed by atoms with Gasteiger partial charge in [-0.05, 0) is 6.07 Å². The van der Waals surface area contributed by atoms with Gasteiger partial charge in [-0.15, -0.1) is 0 Å². The molecule has 4 atom stereocenters. The van der Waals surface area contributed by atoms with Crippen LogP contribution in [0.25, 0.3) is 0 Å². The third kappa shape index (κ3) is 2.70. The van der Waals surface area contributed by atoms with E-state index in [1.165, 1.54) is 21.3 Å². The van der Waals surface area contributed by atoms with Crippen LogP contribution in [0.1, 0.15) is 30.9 Å². The summed E-state index contributed by atoms with van der Waals surface area (Å²) in [7, 11) is 4.35. The molecule has 2 bridgehead atoms. The molecule has 3 aliphatic heterocycles. The number of nitrogens with zero attached hydrogens (tertiary/aromatic N) is 3. The predicted octanol–water partition coefficient (Wildman–Crippen LogP) is 2.57. The molecule has 4 fully saturated rings. The van der Waals surface area contributed by atoms with Crippen LogP contribution < -0.4 is 14.2 Å². The monoisotopic (exact) mass is 480 g/mol. The SMILES string of the molecule is COc1cc(OC)c(C2OC34CCC5(CC3C(C#N)(C(=N)O4)C2(C#N)C#N)OCCO5)cc1OC. The van der Waals surface area contributed by atoms with Crippen LogP contribution in [0.3, 0.4) is 0 Å². The zero-order valence-electron chi connectivity index (χ0n) is 19.5. The standard InChI is InChI=1S/C24H24N4O7/c1-29-15-9-17(31-3)16(30-2)8-14(15)19-21(11-25,12-26)23(13-27)18-10-22(32-6-7-33-22)4-5-24(18,34-19)35-20(23)28/h8-9,18-19,28H,4-7,10H2,1-3H3. The Labute approximate surface area is 202 Å². The number of benzene rings is 1. The number of ether oxygens (including phenoxy) is 7. The number of nitriles is 3. The van der Waals surface area contributed by atoms with E-state index in [4.69, 9.17) is 38.6 Å². The molecular weight excluding hydrogens is 456 g/mol. The maximum Gasteiger partial charge on any atom is 0.218 e. The molecule has 1 spiro atoms. The van der Waals surface area contributed by atoms with Crippen LogP contribution in [-0.4, -0.2) is 52.0 Å². The lowest BCUT2D eigenvalue weighted by molar-refractivity contribution is -0.330. The van der Waals surface area contributed by atoms with E-state index in [0.29, 0.717) is 36.7 Å². The third-order valence-corrected chi connectivity index (χ3v) is 7.75. The molecule has 1 N–H and O–H groups in total. The summed E-state index contributed by atoms with van der Waals surface area (Å²) in [6, 6.07) is 9.38. The van der Waals surface area contributed by atoms with E-state index < -0.39 is 40.3 Å². The predicted molar refractivity (Wildman–Crippen MR) is 115 cm³/mol. The zero-order valence-corrected chi connectivity index (χ0v) is 19.5. The Hall–Kier alpha value is -3.56. The number of hydrogen-bond donors (Lipinski definition) is 1. The van der Waals surface area contributed by atoms with Gasteiger partial charge in [-0.25, -0.2) is 0 Å². The van der Waals surface area contributed by atoms with Gasteiger partial charge in [0.2, 0.25) is 17.1 Å². The summed E-state index contributed by atoms with van der Waals surface area (Å²) in [6.45, 7) is 0.789. The Balaban J connectivity index is 1.74. The Morgan fingerprint density at radius 3 is 2.11 bits per heavy atom. The molecular formula is C24H24N4O7. The molecule has 3 heterocycles. The first-order valence-corrected chi connectivity index (χ1v) is 11.1. The number of hydrogen-bond acceptors (Lipinski definition) is 11. The summed E-state index contributed by atoms with van der Waals surface area (Å²) in [5, 5.41) is 40.4. The highest BCUT2D eigenvalue weighted by Gasteiger charge is 2.82. The largest absolute Gasteiger partial charge is 0.496 e. The van der Waals surface area contributed by atoms with Crippen molar-refractivity contribution in [3.63, 3.8) is 0 Å². The van der Waals surface area contributed by atoms with Crippen LogP contribution >= 0.6 is 0 Å². The first kappa shape index (κ1) is 23.2. The number of nitrogens with one attached hydrogen (secondary N) is 1. The lowest BCUT2D eigenvalue weighted by Crippen LogP contribution is -2.63. The second-order valence-corrected chi connectivity index (χ2v) is 9.01. The number of methoxy groups -OCH3 is 3. The molecule has 182 valence electrons. The number of rotatable bonds is 4. The Kier molecular flexibility index (Phi) is 5.12. The molecule has 3 saturated heterocycles. The molecule has 35 heavy (non-hydrogen) atoms. The van der Waals surface area contributed by atoms with Crippen molar-refractivity contribution in [2.75, 3.05) is 34.5 Å². The zero-order chi connectivity index (χ0) is 25.1. The van der Waals surface area contributed by atoms with Crippen LogP contribution in [-0.2, 0) is 18.9 Å². The molecule has 0 amide bonds. The molecule has 0 radical (unpaired) electrons. The molecule has 11 heteroatoms. The minimum Gasteiger partial charge on any atom is -0.496 e. The average Bonchev–Trinajstić information content (AvgIpc) is 3.42.